The van der Waals surface area contributed by atoms with E-state index in [4.69, 9.17) is 4.74 Å². The molecule has 1 saturated heterocycles. The van der Waals surface area contributed by atoms with Gasteiger partial charge in [-0.1, -0.05) is 24.3 Å². The first kappa shape index (κ1) is 20.7. The summed E-state index contributed by atoms with van der Waals surface area (Å²) < 4.78 is 7.25. The first-order chi connectivity index (χ1) is 13.8. The summed E-state index contributed by atoms with van der Waals surface area (Å²) in [6.07, 6.45) is 3.34. The van der Waals surface area contributed by atoms with E-state index in [-0.39, 0.29) is 12.1 Å². The minimum atomic E-state index is -0.519. The summed E-state index contributed by atoms with van der Waals surface area (Å²) in [5.74, 6) is 0. The van der Waals surface area contributed by atoms with Crippen LogP contribution in [0.25, 0.3) is 0 Å². The molecule has 0 atom stereocenters. The van der Waals surface area contributed by atoms with Crippen LogP contribution in [-0.4, -0.2) is 63.5 Å². The maximum Gasteiger partial charge on any atom is 0.410 e. The summed E-state index contributed by atoms with van der Waals surface area (Å²) in [6.45, 7) is 8.56. The Morgan fingerprint density at radius 3 is 2.31 bits per heavy atom. The van der Waals surface area contributed by atoms with Gasteiger partial charge in [-0.25, -0.2) is 9.59 Å². The van der Waals surface area contributed by atoms with Gasteiger partial charge < -0.3 is 19.9 Å². The summed E-state index contributed by atoms with van der Waals surface area (Å²) in [5.41, 5.74) is 1.66. The molecule has 156 valence electrons. The number of ether oxygens (including phenoxy) is 1. The molecule has 8 nitrogen and oxygen atoms in total. The smallest absolute Gasteiger partial charge is 0.410 e. The van der Waals surface area contributed by atoms with E-state index in [9.17, 15) is 9.59 Å². The molecule has 1 aromatic heterocycles. The van der Waals surface area contributed by atoms with Crippen LogP contribution in [0.5, 0.6) is 0 Å². The second kappa shape index (κ2) is 8.98. The van der Waals surface area contributed by atoms with Gasteiger partial charge in [0.2, 0.25) is 0 Å². The fourth-order valence-corrected chi connectivity index (χ4v) is 3.15. The van der Waals surface area contributed by atoms with Crippen LogP contribution in [0.3, 0.4) is 0 Å². The number of carbonyl (C=O) groups excluding carboxylic acids is 2. The molecule has 0 spiro atoms. The van der Waals surface area contributed by atoms with Crippen LogP contribution in [0.1, 0.15) is 31.9 Å². The van der Waals surface area contributed by atoms with Gasteiger partial charge in [0.15, 0.2) is 0 Å². The lowest BCUT2D eigenvalue weighted by Gasteiger charge is -2.35. The number of carbonyl (C=O) groups is 2. The number of piperazine rings is 1. The molecule has 1 aromatic carbocycles. The van der Waals surface area contributed by atoms with E-state index in [0.717, 1.165) is 11.1 Å². The summed E-state index contributed by atoms with van der Waals surface area (Å²) in [6, 6.07) is 9.78. The minimum absolute atomic E-state index is 0.122. The quantitative estimate of drug-likeness (QED) is 0.857. The molecule has 0 bridgehead atoms. The van der Waals surface area contributed by atoms with E-state index in [1.807, 2.05) is 62.0 Å². The second-order valence-electron chi connectivity index (χ2n) is 8.09. The third-order valence-corrected chi connectivity index (χ3v) is 4.66. The van der Waals surface area contributed by atoms with Crippen molar-refractivity contribution in [2.45, 2.75) is 39.5 Å². The van der Waals surface area contributed by atoms with Crippen LogP contribution in [0.4, 0.5) is 9.59 Å². The molecule has 8 heteroatoms. The van der Waals surface area contributed by atoms with E-state index in [1.54, 1.807) is 16.0 Å². The number of benzene rings is 1. The Hall–Kier alpha value is -3.03. The van der Waals surface area contributed by atoms with Crippen LogP contribution >= 0.6 is 0 Å². The molecule has 0 unspecified atom stereocenters. The molecular weight excluding hydrogens is 370 g/mol. The van der Waals surface area contributed by atoms with E-state index < -0.39 is 5.60 Å². The van der Waals surface area contributed by atoms with Crippen molar-refractivity contribution >= 4 is 12.1 Å². The minimum Gasteiger partial charge on any atom is -0.444 e. The van der Waals surface area contributed by atoms with Crippen molar-refractivity contribution in [2.75, 3.05) is 26.2 Å². The van der Waals surface area contributed by atoms with Gasteiger partial charge in [0.25, 0.3) is 0 Å². The average Bonchev–Trinajstić information content (AvgIpc) is 3.19. The predicted molar refractivity (Wildman–Crippen MR) is 109 cm³/mol. The van der Waals surface area contributed by atoms with Crippen LogP contribution in [0.2, 0.25) is 0 Å². The van der Waals surface area contributed by atoms with Gasteiger partial charge in [0, 0.05) is 45.1 Å². The van der Waals surface area contributed by atoms with Gasteiger partial charge >= 0.3 is 12.1 Å². The number of rotatable bonds is 4. The van der Waals surface area contributed by atoms with Crippen molar-refractivity contribution in [3.63, 3.8) is 0 Å². The largest absolute Gasteiger partial charge is 0.444 e. The maximum absolute atomic E-state index is 12.6. The van der Waals surface area contributed by atoms with Crippen molar-refractivity contribution in [3.8, 4) is 0 Å². The molecule has 0 saturated carbocycles. The molecule has 1 N–H and O–H groups in total. The highest BCUT2D eigenvalue weighted by Crippen LogP contribution is 2.13. The third kappa shape index (κ3) is 5.97. The Bertz CT molecular complexity index is 821. The Kier molecular flexibility index (Phi) is 6.41. The van der Waals surface area contributed by atoms with Crippen LogP contribution in [0.15, 0.2) is 42.7 Å². The summed E-state index contributed by atoms with van der Waals surface area (Å²) in [4.78, 5) is 28.1. The highest BCUT2D eigenvalue weighted by molar-refractivity contribution is 5.75. The number of amides is 3. The van der Waals surface area contributed by atoms with Crippen molar-refractivity contribution in [1.82, 2.24) is 24.9 Å². The van der Waals surface area contributed by atoms with Gasteiger partial charge in [-0.05, 0) is 38.0 Å². The molecule has 1 fully saturated rings. The number of nitrogens with one attached hydrogen (secondary N) is 1. The SMILES string of the molecule is CC(C)(C)OC(=O)N1CCN(C(=O)NCc2ccccc2Cn2cccn2)CC1. The molecule has 0 aliphatic carbocycles. The Balaban J connectivity index is 1.49. The highest BCUT2D eigenvalue weighted by Gasteiger charge is 2.27. The Labute approximate surface area is 171 Å². The Morgan fingerprint density at radius 2 is 1.69 bits per heavy atom. The molecule has 2 heterocycles. The zero-order chi connectivity index (χ0) is 20.9. The van der Waals surface area contributed by atoms with Crippen molar-refractivity contribution < 1.29 is 14.3 Å². The lowest BCUT2D eigenvalue weighted by atomic mass is 10.1. The number of urea groups is 1. The molecule has 3 amide bonds. The first-order valence-corrected chi connectivity index (χ1v) is 9.87. The third-order valence-electron chi connectivity index (χ3n) is 4.66. The average molecular weight is 399 g/mol. The molecule has 2 aromatic rings. The van der Waals surface area contributed by atoms with Gasteiger partial charge in [-0.2, -0.15) is 5.10 Å². The molecule has 1 aliphatic heterocycles. The normalized spacial score (nSPS) is 14.6. The molecular formula is C21H29N5O3. The fourth-order valence-electron chi connectivity index (χ4n) is 3.15. The predicted octanol–water partition coefficient (Wildman–Crippen LogP) is 2.69. The lowest BCUT2D eigenvalue weighted by molar-refractivity contribution is 0.0170. The highest BCUT2D eigenvalue weighted by atomic mass is 16.6. The summed E-state index contributed by atoms with van der Waals surface area (Å²) in [5, 5.41) is 7.24. The first-order valence-electron chi connectivity index (χ1n) is 9.87. The van der Waals surface area contributed by atoms with Crippen molar-refractivity contribution in [1.29, 1.82) is 0 Å². The Morgan fingerprint density at radius 1 is 1.03 bits per heavy atom. The molecule has 29 heavy (non-hydrogen) atoms. The van der Waals surface area contributed by atoms with Crippen LogP contribution < -0.4 is 5.32 Å². The summed E-state index contributed by atoms with van der Waals surface area (Å²) in [7, 11) is 0. The zero-order valence-electron chi connectivity index (χ0n) is 17.3. The van der Waals surface area contributed by atoms with Crippen LogP contribution in [0, 0.1) is 0 Å². The van der Waals surface area contributed by atoms with E-state index in [1.165, 1.54) is 0 Å². The van der Waals surface area contributed by atoms with Crippen LogP contribution in [-0.2, 0) is 17.8 Å². The van der Waals surface area contributed by atoms with Gasteiger partial charge in [0.1, 0.15) is 5.60 Å². The molecule has 1 aliphatic rings. The molecule has 3 rings (SSSR count). The molecule has 0 radical (unpaired) electrons. The van der Waals surface area contributed by atoms with E-state index in [2.05, 4.69) is 10.4 Å². The lowest BCUT2D eigenvalue weighted by Crippen LogP contribution is -2.53. The number of aromatic nitrogens is 2. The van der Waals surface area contributed by atoms with E-state index >= 15 is 0 Å². The van der Waals surface area contributed by atoms with Gasteiger partial charge in [-0.3, -0.25) is 4.68 Å². The second-order valence-corrected chi connectivity index (χ2v) is 8.09. The maximum atomic E-state index is 12.6. The van der Waals surface area contributed by atoms with Crippen molar-refractivity contribution in [2.24, 2.45) is 0 Å². The fraction of sp³-hybridized carbons (Fsp3) is 0.476. The van der Waals surface area contributed by atoms with E-state index in [0.29, 0.717) is 39.3 Å². The number of nitrogens with zero attached hydrogens (tertiary/aromatic N) is 4. The number of hydrogen-bond donors (Lipinski definition) is 1. The summed E-state index contributed by atoms with van der Waals surface area (Å²) >= 11 is 0. The number of hydrogen-bond acceptors (Lipinski definition) is 4. The monoisotopic (exact) mass is 399 g/mol. The standard InChI is InChI=1S/C21H29N5O3/c1-21(2,3)29-20(28)25-13-11-24(12-14-25)19(27)22-15-17-7-4-5-8-18(17)16-26-10-6-9-23-26/h4-10H,11-16H2,1-3H3,(H,22,27). The topological polar surface area (TPSA) is 79.7 Å². The van der Waals surface area contributed by atoms with Gasteiger partial charge in [-0.15, -0.1) is 0 Å². The van der Waals surface area contributed by atoms with Crippen molar-refractivity contribution in [3.05, 3.63) is 53.9 Å². The van der Waals surface area contributed by atoms with Gasteiger partial charge in [0.05, 0.1) is 6.54 Å². The zero-order valence-corrected chi connectivity index (χ0v) is 17.3.